The highest BCUT2D eigenvalue weighted by atomic mass is 19.3. The van der Waals surface area contributed by atoms with Gasteiger partial charge in [0.1, 0.15) is 18.2 Å². The van der Waals surface area contributed by atoms with Crippen LogP contribution < -0.4 is 5.32 Å². The predicted octanol–water partition coefficient (Wildman–Crippen LogP) is 1.90. The number of benzene rings is 1. The molecule has 2 aliphatic rings. The van der Waals surface area contributed by atoms with Crippen LogP contribution in [0.1, 0.15) is 38.7 Å². The Morgan fingerprint density at radius 2 is 2.03 bits per heavy atom. The van der Waals surface area contributed by atoms with Crippen LogP contribution in [0.2, 0.25) is 0 Å². The van der Waals surface area contributed by atoms with Crippen LogP contribution in [-0.4, -0.2) is 88.7 Å². The second-order valence-corrected chi connectivity index (χ2v) is 10.1. The number of amides is 2. The van der Waals surface area contributed by atoms with Crippen molar-refractivity contribution in [2.24, 2.45) is 0 Å². The molecule has 2 saturated heterocycles. The zero-order chi connectivity index (χ0) is 27.2. The summed E-state index contributed by atoms with van der Waals surface area (Å²) in [5, 5.41) is 31.4. The van der Waals surface area contributed by atoms with E-state index < -0.39 is 49.1 Å². The highest BCUT2D eigenvalue weighted by Crippen LogP contribution is 2.33. The monoisotopic (exact) mass is 518 g/mol. The number of nitrogens with one attached hydrogen (secondary N) is 1. The van der Waals surface area contributed by atoms with Gasteiger partial charge in [0.2, 0.25) is 0 Å². The van der Waals surface area contributed by atoms with Crippen molar-refractivity contribution in [1.29, 1.82) is 5.26 Å². The van der Waals surface area contributed by atoms with Crippen molar-refractivity contribution in [1.82, 2.24) is 15.1 Å². The molecule has 0 aromatic heterocycles. The lowest BCUT2D eigenvalue weighted by atomic mass is 9.76. The highest BCUT2D eigenvalue weighted by molar-refractivity contribution is 6.43. The summed E-state index contributed by atoms with van der Waals surface area (Å²) in [7, 11) is -1.81. The number of hydrogen-bond acceptors (Lipinski definition) is 7. The Hall–Kier alpha value is -3.01. The van der Waals surface area contributed by atoms with E-state index in [4.69, 9.17) is 4.74 Å². The van der Waals surface area contributed by atoms with E-state index in [2.05, 4.69) is 5.32 Å². The average Bonchev–Trinajstić information content (AvgIpc) is 3.47. The largest absolute Gasteiger partial charge is 0.475 e. The van der Waals surface area contributed by atoms with Crippen LogP contribution in [0.5, 0.6) is 0 Å². The van der Waals surface area contributed by atoms with Gasteiger partial charge in [-0.2, -0.15) is 5.26 Å². The molecule has 3 N–H and O–H groups in total. The molecule has 1 unspecified atom stereocenters. The second kappa shape index (κ2) is 12.0. The van der Waals surface area contributed by atoms with E-state index in [1.54, 1.807) is 43.0 Å². The van der Waals surface area contributed by atoms with Crippen LogP contribution in [0, 0.1) is 11.3 Å². The number of rotatable bonds is 9. The van der Waals surface area contributed by atoms with E-state index in [0.29, 0.717) is 19.4 Å². The van der Waals surface area contributed by atoms with Crippen LogP contribution in [0.15, 0.2) is 42.0 Å². The summed E-state index contributed by atoms with van der Waals surface area (Å²) in [5.74, 6) is -4.34. The van der Waals surface area contributed by atoms with Crippen LogP contribution >= 0.6 is 0 Å². The number of likely N-dealkylation sites (tertiary alicyclic amines) is 2. The molecule has 3 rings (SSSR count). The molecule has 0 spiro atoms. The van der Waals surface area contributed by atoms with Gasteiger partial charge in [0.25, 0.3) is 11.8 Å². The van der Waals surface area contributed by atoms with Gasteiger partial charge in [-0.05, 0) is 44.7 Å². The van der Waals surface area contributed by atoms with Gasteiger partial charge < -0.3 is 25.0 Å². The molecule has 12 heteroatoms. The van der Waals surface area contributed by atoms with Gasteiger partial charge in [-0.1, -0.05) is 30.3 Å². The molecule has 2 fully saturated rings. The molecule has 0 saturated carbocycles. The number of carbonyl (C=O) groups is 2. The summed E-state index contributed by atoms with van der Waals surface area (Å²) in [4.78, 5) is 28.5. The molecule has 2 heterocycles. The van der Waals surface area contributed by atoms with Gasteiger partial charge in [-0.25, -0.2) is 13.6 Å². The van der Waals surface area contributed by atoms with Gasteiger partial charge in [0.05, 0.1) is 18.5 Å². The lowest BCUT2D eigenvalue weighted by Crippen LogP contribution is -2.49. The first kappa shape index (κ1) is 28.6. The lowest BCUT2D eigenvalue weighted by Gasteiger charge is -2.33. The topological polar surface area (TPSA) is 126 Å². The van der Waals surface area contributed by atoms with Crippen LogP contribution in [0.4, 0.5) is 13.6 Å². The molecule has 37 heavy (non-hydrogen) atoms. The number of hydrogen-bond donors (Lipinski definition) is 3. The van der Waals surface area contributed by atoms with Gasteiger partial charge in [0.15, 0.2) is 0 Å². The summed E-state index contributed by atoms with van der Waals surface area (Å²) in [5.41, 5.74) is -0.279. The number of halogens is 2. The van der Waals surface area contributed by atoms with Gasteiger partial charge in [-0.3, -0.25) is 9.69 Å². The Kier molecular flexibility index (Phi) is 9.28. The predicted molar refractivity (Wildman–Crippen MR) is 132 cm³/mol. The smallest absolute Gasteiger partial charge is 0.447 e. The van der Waals surface area contributed by atoms with Gasteiger partial charge >= 0.3 is 13.2 Å². The summed E-state index contributed by atoms with van der Waals surface area (Å²) in [6.45, 7) is 3.32. The number of alkyl halides is 2. The fourth-order valence-electron chi connectivity index (χ4n) is 4.71. The van der Waals surface area contributed by atoms with Crippen LogP contribution in [0.3, 0.4) is 0 Å². The normalized spacial score (nSPS) is 20.8. The summed E-state index contributed by atoms with van der Waals surface area (Å²) >= 11 is 0. The van der Waals surface area contributed by atoms with Crippen molar-refractivity contribution in [2.45, 2.75) is 63.0 Å². The molecular weight excluding hydrogens is 485 g/mol. The molecule has 0 aliphatic carbocycles. The maximum absolute atomic E-state index is 13.7. The third kappa shape index (κ3) is 7.74. The minimum atomic E-state index is -2.80. The second-order valence-electron chi connectivity index (χ2n) is 10.1. The standard InChI is InChI=1S/C25H33BF2N4O5/c1-24(2,31-12-10-25(27,28)17-31)14-19(15-29)22(33)32-11-6-9-20(32)16-37-23(34)30-21(26(35)36)13-18-7-4-3-5-8-18/h3-5,7-8,14,20-21,35-36H,6,9-13,16-17H2,1-2H3,(H,30,34)/t20?,21-/m0/s1. The Labute approximate surface area is 215 Å². The Morgan fingerprint density at radius 1 is 1.32 bits per heavy atom. The van der Waals surface area contributed by atoms with E-state index in [9.17, 15) is 33.7 Å². The van der Waals surface area contributed by atoms with Crippen molar-refractivity contribution in [2.75, 3.05) is 26.2 Å². The summed E-state index contributed by atoms with van der Waals surface area (Å²) in [6.07, 6.45) is 1.67. The Bertz CT molecular complexity index is 1030. The quantitative estimate of drug-likeness (QED) is 0.259. The van der Waals surface area contributed by atoms with E-state index >= 15 is 0 Å². The van der Waals surface area contributed by atoms with E-state index in [1.165, 1.54) is 11.0 Å². The molecule has 1 aromatic rings. The number of nitriles is 1. The maximum atomic E-state index is 13.7. The molecule has 2 amide bonds. The van der Waals surface area contributed by atoms with E-state index in [-0.39, 0.29) is 31.6 Å². The van der Waals surface area contributed by atoms with E-state index in [1.807, 2.05) is 12.1 Å². The minimum Gasteiger partial charge on any atom is -0.447 e. The third-order valence-corrected chi connectivity index (χ3v) is 6.84. The molecule has 0 bridgehead atoms. The first-order valence-electron chi connectivity index (χ1n) is 12.3. The summed E-state index contributed by atoms with van der Waals surface area (Å²) < 4.78 is 32.7. The van der Waals surface area contributed by atoms with Gasteiger partial charge in [0, 0.05) is 25.0 Å². The van der Waals surface area contributed by atoms with Crippen molar-refractivity contribution >= 4 is 19.1 Å². The van der Waals surface area contributed by atoms with E-state index in [0.717, 1.165) is 5.56 Å². The molecule has 0 radical (unpaired) electrons. The third-order valence-electron chi connectivity index (χ3n) is 6.84. The number of nitrogens with zero attached hydrogens (tertiary/aromatic N) is 3. The first-order chi connectivity index (χ1) is 17.4. The lowest BCUT2D eigenvalue weighted by molar-refractivity contribution is -0.128. The van der Waals surface area contributed by atoms with Crippen molar-refractivity contribution in [3.63, 3.8) is 0 Å². The fourth-order valence-corrected chi connectivity index (χ4v) is 4.71. The first-order valence-corrected chi connectivity index (χ1v) is 12.3. The van der Waals surface area contributed by atoms with Crippen molar-refractivity contribution < 1.29 is 33.2 Å². The fraction of sp³-hybridized carbons (Fsp3) is 0.560. The molecule has 2 aliphatic heterocycles. The van der Waals surface area contributed by atoms with Gasteiger partial charge in [-0.15, -0.1) is 0 Å². The summed E-state index contributed by atoms with van der Waals surface area (Å²) in [6, 6.07) is 10.4. The molecule has 200 valence electrons. The van der Waals surface area contributed by atoms with Crippen molar-refractivity contribution in [3.05, 3.63) is 47.5 Å². The molecule has 9 nitrogen and oxygen atoms in total. The SMILES string of the molecule is CC(C)(C=C(C#N)C(=O)N1CCCC1COC(=O)N[C@@H](Cc1ccccc1)B(O)O)N1CCC(F)(F)C1. The van der Waals surface area contributed by atoms with Crippen LogP contribution in [0.25, 0.3) is 0 Å². The Balaban J connectivity index is 1.59. The molecular formula is C25H33BF2N4O5. The molecule has 2 atom stereocenters. The molecule has 1 aromatic carbocycles. The number of carbonyl (C=O) groups excluding carboxylic acids is 2. The maximum Gasteiger partial charge on any atom is 0.475 e. The van der Waals surface area contributed by atoms with Crippen LogP contribution in [-0.2, 0) is 16.0 Å². The number of alkyl carbamates (subject to hydrolysis) is 1. The highest BCUT2D eigenvalue weighted by Gasteiger charge is 2.43. The average molecular weight is 518 g/mol. The van der Waals surface area contributed by atoms with Crippen molar-refractivity contribution in [3.8, 4) is 6.07 Å². The minimum absolute atomic E-state index is 0.141. The number of ether oxygens (including phenoxy) is 1. The zero-order valence-electron chi connectivity index (χ0n) is 21.1. The Morgan fingerprint density at radius 3 is 2.62 bits per heavy atom. The zero-order valence-corrected chi connectivity index (χ0v) is 21.1.